The number of nitrogens with one attached hydrogen (secondary N) is 1. The Hall–Kier alpha value is -1.46. The molecule has 0 heterocycles. The molecule has 0 bridgehead atoms. The van der Waals surface area contributed by atoms with E-state index in [1.165, 1.54) is 19.2 Å². The van der Waals surface area contributed by atoms with Gasteiger partial charge in [0, 0.05) is 12.1 Å². The van der Waals surface area contributed by atoms with Gasteiger partial charge in [-0.2, -0.15) is 0 Å². The molecular weight excluding hydrogens is 305 g/mol. The van der Waals surface area contributed by atoms with Crippen molar-refractivity contribution in [2.24, 2.45) is 5.92 Å². The van der Waals surface area contributed by atoms with Crippen molar-refractivity contribution < 1.29 is 19.4 Å². The Balaban J connectivity index is 2.81. The molecule has 1 aromatic rings. The molecule has 0 aromatic heterocycles. The van der Waals surface area contributed by atoms with Gasteiger partial charge in [0.05, 0.1) is 23.1 Å². The standard InChI is InChI=1S/C13H15Cl2NO4/c1-3-7(13(18)19)6-16-12(17)8-4-9(14)11(20-2)10(15)5-8/h4-5,7H,3,6H2,1-2H3,(H,16,17)(H,18,19). The van der Waals surface area contributed by atoms with Gasteiger partial charge in [0.1, 0.15) is 0 Å². The maximum Gasteiger partial charge on any atom is 0.308 e. The molecule has 0 aliphatic heterocycles. The SMILES string of the molecule is CCC(CNC(=O)c1cc(Cl)c(OC)c(Cl)c1)C(=O)O. The van der Waals surface area contributed by atoms with Gasteiger partial charge >= 0.3 is 5.97 Å². The van der Waals surface area contributed by atoms with E-state index in [9.17, 15) is 9.59 Å². The Bertz CT molecular complexity index is 496. The second-order valence-corrected chi connectivity index (χ2v) is 4.94. The predicted molar refractivity (Wildman–Crippen MR) is 76.8 cm³/mol. The first-order chi connectivity index (χ1) is 9.40. The fourth-order valence-corrected chi connectivity index (χ4v) is 2.25. The summed E-state index contributed by atoms with van der Waals surface area (Å²) in [6.07, 6.45) is 0.430. The van der Waals surface area contributed by atoms with Crippen LogP contribution in [0.4, 0.5) is 0 Å². The second-order valence-electron chi connectivity index (χ2n) is 4.13. The van der Waals surface area contributed by atoms with Crippen molar-refractivity contribution >= 4 is 35.1 Å². The normalized spacial score (nSPS) is 11.8. The average Bonchev–Trinajstić information content (AvgIpc) is 2.38. The fraction of sp³-hybridized carbons (Fsp3) is 0.385. The van der Waals surface area contributed by atoms with Crippen LogP contribution in [-0.2, 0) is 4.79 Å². The van der Waals surface area contributed by atoms with E-state index in [0.717, 1.165) is 0 Å². The molecular formula is C13H15Cl2NO4. The number of hydrogen-bond donors (Lipinski definition) is 2. The quantitative estimate of drug-likeness (QED) is 0.845. The van der Waals surface area contributed by atoms with Crippen LogP contribution in [0.5, 0.6) is 5.75 Å². The van der Waals surface area contributed by atoms with Gasteiger partial charge in [0.25, 0.3) is 5.91 Å². The summed E-state index contributed by atoms with van der Waals surface area (Å²) >= 11 is 11.9. The first-order valence-electron chi connectivity index (χ1n) is 5.94. The minimum Gasteiger partial charge on any atom is -0.494 e. The van der Waals surface area contributed by atoms with Crippen molar-refractivity contribution in [1.29, 1.82) is 0 Å². The molecule has 1 amide bonds. The summed E-state index contributed by atoms with van der Waals surface area (Å²) in [4.78, 5) is 22.8. The molecule has 0 saturated carbocycles. The number of carbonyl (C=O) groups excluding carboxylic acids is 1. The average molecular weight is 320 g/mol. The highest BCUT2D eigenvalue weighted by molar-refractivity contribution is 6.37. The molecule has 1 unspecified atom stereocenters. The Morgan fingerprint density at radius 2 is 1.90 bits per heavy atom. The second kappa shape index (κ2) is 7.36. The molecule has 0 spiro atoms. The van der Waals surface area contributed by atoms with E-state index in [0.29, 0.717) is 12.2 Å². The lowest BCUT2D eigenvalue weighted by molar-refractivity contribution is -0.141. The van der Waals surface area contributed by atoms with Gasteiger partial charge < -0.3 is 15.2 Å². The maximum absolute atomic E-state index is 11.9. The number of hydrogen-bond acceptors (Lipinski definition) is 3. The molecule has 0 fully saturated rings. The minimum absolute atomic E-state index is 0.0476. The number of carbonyl (C=O) groups is 2. The summed E-state index contributed by atoms with van der Waals surface area (Å²) in [5, 5.41) is 11.9. The van der Waals surface area contributed by atoms with E-state index < -0.39 is 17.8 Å². The zero-order valence-electron chi connectivity index (χ0n) is 11.1. The number of rotatable bonds is 6. The molecule has 0 aliphatic carbocycles. The Kier molecular flexibility index (Phi) is 6.10. The van der Waals surface area contributed by atoms with Gasteiger partial charge in [-0.05, 0) is 18.6 Å². The number of carboxylic acids is 1. The van der Waals surface area contributed by atoms with E-state index in [1.807, 2.05) is 0 Å². The van der Waals surface area contributed by atoms with Crippen LogP contribution < -0.4 is 10.1 Å². The molecule has 110 valence electrons. The number of amides is 1. The van der Waals surface area contributed by atoms with Crippen LogP contribution in [0.3, 0.4) is 0 Å². The molecule has 1 atom stereocenters. The molecule has 1 rings (SSSR count). The van der Waals surface area contributed by atoms with Gasteiger partial charge in [0.15, 0.2) is 5.75 Å². The molecule has 0 radical (unpaired) electrons. The summed E-state index contributed by atoms with van der Waals surface area (Å²) in [6, 6.07) is 2.84. The van der Waals surface area contributed by atoms with E-state index in [2.05, 4.69) is 5.32 Å². The van der Waals surface area contributed by atoms with Crippen LogP contribution in [-0.4, -0.2) is 30.6 Å². The lowest BCUT2D eigenvalue weighted by Crippen LogP contribution is -2.32. The third-order valence-electron chi connectivity index (χ3n) is 2.82. The molecule has 0 saturated heterocycles. The van der Waals surface area contributed by atoms with Crippen molar-refractivity contribution in [2.45, 2.75) is 13.3 Å². The number of benzene rings is 1. The third kappa shape index (κ3) is 4.02. The summed E-state index contributed by atoms with van der Waals surface area (Å²) in [5.41, 5.74) is 0.251. The van der Waals surface area contributed by atoms with Crippen LogP contribution in [0.2, 0.25) is 10.0 Å². The van der Waals surface area contributed by atoms with Gasteiger partial charge in [-0.25, -0.2) is 0 Å². The summed E-state index contributed by atoms with van der Waals surface area (Å²) in [5.74, 6) is -1.71. The van der Waals surface area contributed by atoms with Crippen LogP contribution in [0.1, 0.15) is 23.7 Å². The number of halogens is 2. The summed E-state index contributed by atoms with van der Waals surface area (Å²) in [6.45, 7) is 1.79. The lowest BCUT2D eigenvalue weighted by Gasteiger charge is -2.12. The van der Waals surface area contributed by atoms with Crippen molar-refractivity contribution in [2.75, 3.05) is 13.7 Å². The van der Waals surface area contributed by atoms with Crippen molar-refractivity contribution in [1.82, 2.24) is 5.32 Å². The monoisotopic (exact) mass is 319 g/mol. The highest BCUT2D eigenvalue weighted by Gasteiger charge is 2.18. The number of methoxy groups -OCH3 is 1. The third-order valence-corrected chi connectivity index (χ3v) is 3.38. The first-order valence-corrected chi connectivity index (χ1v) is 6.70. The van der Waals surface area contributed by atoms with E-state index in [1.54, 1.807) is 6.92 Å². The Labute approximate surface area is 126 Å². The lowest BCUT2D eigenvalue weighted by atomic mass is 10.1. The van der Waals surface area contributed by atoms with Gasteiger partial charge in [0.2, 0.25) is 0 Å². The molecule has 1 aromatic carbocycles. The fourth-order valence-electron chi connectivity index (χ4n) is 1.61. The van der Waals surface area contributed by atoms with Gasteiger partial charge in [-0.1, -0.05) is 30.1 Å². The minimum atomic E-state index is -0.946. The maximum atomic E-state index is 11.9. The van der Waals surface area contributed by atoms with Crippen molar-refractivity contribution in [3.63, 3.8) is 0 Å². The molecule has 2 N–H and O–H groups in total. The van der Waals surface area contributed by atoms with E-state index in [4.69, 9.17) is 33.0 Å². The molecule has 5 nitrogen and oxygen atoms in total. The van der Waals surface area contributed by atoms with Crippen LogP contribution in [0.25, 0.3) is 0 Å². The number of ether oxygens (including phenoxy) is 1. The highest BCUT2D eigenvalue weighted by Crippen LogP contribution is 2.33. The number of aliphatic carboxylic acids is 1. The molecule has 7 heteroatoms. The van der Waals surface area contributed by atoms with Crippen LogP contribution in [0, 0.1) is 5.92 Å². The van der Waals surface area contributed by atoms with Crippen LogP contribution in [0.15, 0.2) is 12.1 Å². The van der Waals surface area contributed by atoms with E-state index >= 15 is 0 Å². The van der Waals surface area contributed by atoms with E-state index in [-0.39, 0.29) is 22.2 Å². The first kappa shape index (κ1) is 16.6. The molecule has 20 heavy (non-hydrogen) atoms. The highest BCUT2D eigenvalue weighted by atomic mass is 35.5. The topological polar surface area (TPSA) is 75.6 Å². The van der Waals surface area contributed by atoms with Crippen LogP contribution >= 0.6 is 23.2 Å². The van der Waals surface area contributed by atoms with Crippen molar-refractivity contribution in [3.05, 3.63) is 27.7 Å². The van der Waals surface area contributed by atoms with Crippen molar-refractivity contribution in [3.8, 4) is 5.75 Å². The summed E-state index contributed by atoms with van der Waals surface area (Å²) in [7, 11) is 1.42. The largest absolute Gasteiger partial charge is 0.494 e. The van der Waals surface area contributed by atoms with Gasteiger partial charge in [-0.3, -0.25) is 9.59 Å². The summed E-state index contributed by atoms with van der Waals surface area (Å²) < 4.78 is 4.98. The Morgan fingerprint density at radius 1 is 1.35 bits per heavy atom. The van der Waals surface area contributed by atoms with Gasteiger partial charge in [-0.15, -0.1) is 0 Å². The zero-order chi connectivity index (χ0) is 15.3. The number of carboxylic acid groups (broad SMARTS) is 1. The predicted octanol–water partition coefficient (Wildman–Crippen LogP) is 2.84. The zero-order valence-corrected chi connectivity index (χ0v) is 12.6. The Morgan fingerprint density at radius 3 is 2.30 bits per heavy atom. The molecule has 0 aliphatic rings. The smallest absolute Gasteiger partial charge is 0.308 e.